The average molecular weight is 432 g/mol. The lowest BCUT2D eigenvalue weighted by Crippen LogP contribution is -2.26. The minimum atomic E-state index is -0.137. The first-order chi connectivity index (χ1) is 13.0. The molecular weight excluding hydrogens is 414 g/mol. The number of carbonyl (C=O) groups is 1. The van der Waals surface area contributed by atoms with Crippen molar-refractivity contribution in [2.24, 2.45) is 0 Å². The summed E-state index contributed by atoms with van der Waals surface area (Å²) in [5.41, 5.74) is 1.30. The molecule has 1 aromatic heterocycles. The third-order valence-electron chi connectivity index (χ3n) is 3.90. The molecule has 140 valence electrons. The number of halogens is 1. The minimum Gasteiger partial charge on any atom is -0.493 e. The average Bonchev–Trinajstić information content (AvgIpc) is 3.15. The van der Waals surface area contributed by atoms with E-state index in [9.17, 15) is 4.79 Å². The molecule has 27 heavy (non-hydrogen) atoms. The lowest BCUT2D eigenvalue weighted by molar-refractivity contribution is 0.0769. The van der Waals surface area contributed by atoms with Crippen LogP contribution in [0.3, 0.4) is 0 Å². The number of benzene rings is 2. The summed E-state index contributed by atoms with van der Waals surface area (Å²) in [6, 6.07) is 12.6. The molecule has 7 nitrogen and oxygen atoms in total. The van der Waals surface area contributed by atoms with Crippen LogP contribution in [0.4, 0.5) is 0 Å². The van der Waals surface area contributed by atoms with Gasteiger partial charge < -0.3 is 18.9 Å². The van der Waals surface area contributed by atoms with E-state index in [1.165, 1.54) is 4.90 Å². The topological polar surface area (TPSA) is 77.7 Å². The Morgan fingerprint density at radius 3 is 2.63 bits per heavy atom. The monoisotopic (exact) mass is 431 g/mol. The highest BCUT2D eigenvalue weighted by atomic mass is 79.9. The molecule has 0 aliphatic heterocycles. The van der Waals surface area contributed by atoms with Crippen LogP contribution in [0.25, 0.3) is 11.4 Å². The molecule has 0 spiro atoms. The number of amides is 1. The van der Waals surface area contributed by atoms with E-state index in [0.717, 1.165) is 10.0 Å². The molecule has 3 rings (SSSR count). The molecule has 0 atom stereocenters. The summed E-state index contributed by atoms with van der Waals surface area (Å²) in [7, 11) is 4.82. The molecule has 1 amide bonds. The van der Waals surface area contributed by atoms with Gasteiger partial charge in [0, 0.05) is 22.6 Å². The van der Waals surface area contributed by atoms with Gasteiger partial charge >= 0.3 is 0 Å². The van der Waals surface area contributed by atoms with E-state index in [1.807, 2.05) is 18.2 Å². The lowest BCUT2D eigenvalue weighted by atomic mass is 10.2. The molecule has 0 bridgehead atoms. The second-order valence-electron chi connectivity index (χ2n) is 5.75. The highest BCUT2D eigenvalue weighted by Gasteiger charge is 2.17. The van der Waals surface area contributed by atoms with Gasteiger partial charge in [0.05, 0.1) is 20.8 Å². The van der Waals surface area contributed by atoms with Crippen LogP contribution in [0, 0.1) is 0 Å². The normalized spacial score (nSPS) is 10.5. The van der Waals surface area contributed by atoms with Gasteiger partial charge in [-0.1, -0.05) is 27.2 Å². The van der Waals surface area contributed by atoms with Crippen molar-refractivity contribution in [3.8, 4) is 22.9 Å². The van der Waals surface area contributed by atoms with Crippen LogP contribution in [0.5, 0.6) is 11.5 Å². The smallest absolute Gasteiger partial charge is 0.254 e. The molecule has 0 unspecified atom stereocenters. The van der Waals surface area contributed by atoms with Crippen LogP contribution in [-0.2, 0) is 6.54 Å². The van der Waals surface area contributed by atoms with Gasteiger partial charge in [0.1, 0.15) is 0 Å². The summed E-state index contributed by atoms with van der Waals surface area (Å²) in [4.78, 5) is 18.4. The third kappa shape index (κ3) is 4.28. The van der Waals surface area contributed by atoms with E-state index in [4.69, 9.17) is 14.0 Å². The van der Waals surface area contributed by atoms with Gasteiger partial charge in [-0.3, -0.25) is 4.79 Å². The van der Waals surface area contributed by atoms with Gasteiger partial charge in [0.2, 0.25) is 11.7 Å². The summed E-state index contributed by atoms with van der Waals surface area (Å²) < 4.78 is 16.7. The zero-order chi connectivity index (χ0) is 19.4. The SMILES string of the molecule is COc1ccc(-c2noc(CN(C)C(=O)c3cccc(Br)c3)n2)cc1OC. The van der Waals surface area contributed by atoms with Gasteiger partial charge in [0.15, 0.2) is 11.5 Å². The van der Waals surface area contributed by atoms with E-state index in [-0.39, 0.29) is 12.5 Å². The number of ether oxygens (including phenoxy) is 2. The molecule has 0 radical (unpaired) electrons. The summed E-state index contributed by atoms with van der Waals surface area (Å²) in [5.74, 6) is 1.80. The molecule has 0 N–H and O–H groups in total. The maximum absolute atomic E-state index is 12.5. The van der Waals surface area contributed by atoms with Crippen LogP contribution in [0.2, 0.25) is 0 Å². The number of hydrogen-bond acceptors (Lipinski definition) is 6. The fourth-order valence-electron chi connectivity index (χ4n) is 2.53. The largest absolute Gasteiger partial charge is 0.493 e. The number of nitrogens with zero attached hydrogens (tertiary/aromatic N) is 3. The van der Waals surface area contributed by atoms with E-state index in [0.29, 0.717) is 28.8 Å². The lowest BCUT2D eigenvalue weighted by Gasteiger charge is -2.14. The van der Waals surface area contributed by atoms with Crippen LogP contribution in [0.15, 0.2) is 51.5 Å². The van der Waals surface area contributed by atoms with E-state index in [2.05, 4.69) is 26.1 Å². The Balaban J connectivity index is 1.75. The molecule has 3 aromatic rings. The zero-order valence-corrected chi connectivity index (χ0v) is 16.7. The van der Waals surface area contributed by atoms with Gasteiger partial charge in [-0.2, -0.15) is 4.98 Å². The number of rotatable bonds is 6. The van der Waals surface area contributed by atoms with E-state index < -0.39 is 0 Å². The molecule has 0 aliphatic rings. The highest BCUT2D eigenvalue weighted by Crippen LogP contribution is 2.31. The zero-order valence-electron chi connectivity index (χ0n) is 15.1. The van der Waals surface area contributed by atoms with Crippen molar-refractivity contribution in [1.29, 1.82) is 0 Å². The Kier molecular flexibility index (Phi) is 5.75. The molecule has 0 aliphatic carbocycles. The Labute approximate surface area is 165 Å². The Bertz CT molecular complexity index is 958. The first kappa shape index (κ1) is 18.9. The molecular formula is C19H18BrN3O4. The van der Waals surface area contributed by atoms with Gasteiger partial charge in [-0.25, -0.2) is 0 Å². The highest BCUT2D eigenvalue weighted by molar-refractivity contribution is 9.10. The first-order valence-electron chi connectivity index (χ1n) is 8.08. The Hall–Kier alpha value is -2.87. The maximum atomic E-state index is 12.5. The van der Waals surface area contributed by atoms with Crippen molar-refractivity contribution < 1.29 is 18.8 Å². The predicted molar refractivity (Wildman–Crippen MR) is 103 cm³/mol. The fourth-order valence-corrected chi connectivity index (χ4v) is 2.93. The molecule has 0 fully saturated rings. The quantitative estimate of drug-likeness (QED) is 0.590. The molecule has 0 saturated heterocycles. The van der Waals surface area contributed by atoms with Gasteiger partial charge in [-0.15, -0.1) is 0 Å². The van der Waals surface area contributed by atoms with E-state index >= 15 is 0 Å². The van der Waals surface area contributed by atoms with Gasteiger partial charge in [0.25, 0.3) is 5.91 Å². The number of aromatic nitrogens is 2. The third-order valence-corrected chi connectivity index (χ3v) is 4.39. The second-order valence-corrected chi connectivity index (χ2v) is 6.67. The summed E-state index contributed by atoms with van der Waals surface area (Å²) in [6.45, 7) is 0.200. The Morgan fingerprint density at radius 1 is 1.15 bits per heavy atom. The fraction of sp³-hybridized carbons (Fsp3) is 0.211. The summed E-state index contributed by atoms with van der Waals surface area (Å²) in [5, 5.41) is 3.99. The molecule has 1 heterocycles. The number of carbonyl (C=O) groups excluding carboxylic acids is 1. The molecule has 2 aromatic carbocycles. The summed E-state index contributed by atoms with van der Waals surface area (Å²) in [6.07, 6.45) is 0. The van der Waals surface area contributed by atoms with E-state index in [1.54, 1.807) is 45.5 Å². The molecule has 8 heteroatoms. The maximum Gasteiger partial charge on any atom is 0.254 e. The van der Waals surface area contributed by atoms with Crippen molar-refractivity contribution in [1.82, 2.24) is 15.0 Å². The minimum absolute atomic E-state index is 0.137. The van der Waals surface area contributed by atoms with Crippen molar-refractivity contribution >= 4 is 21.8 Å². The van der Waals surface area contributed by atoms with Gasteiger partial charge in [-0.05, 0) is 36.4 Å². The van der Waals surface area contributed by atoms with Crippen molar-refractivity contribution in [3.63, 3.8) is 0 Å². The van der Waals surface area contributed by atoms with Crippen LogP contribution in [-0.4, -0.2) is 42.2 Å². The molecule has 0 saturated carbocycles. The first-order valence-corrected chi connectivity index (χ1v) is 8.87. The number of methoxy groups -OCH3 is 2. The van der Waals surface area contributed by atoms with Crippen LogP contribution >= 0.6 is 15.9 Å². The van der Waals surface area contributed by atoms with Crippen molar-refractivity contribution in [2.75, 3.05) is 21.3 Å². The number of hydrogen-bond donors (Lipinski definition) is 0. The standard InChI is InChI=1S/C19H18BrN3O4/c1-23(19(24)13-5-4-6-14(20)9-13)11-17-21-18(22-27-17)12-7-8-15(25-2)16(10-12)26-3/h4-10H,11H2,1-3H3. The van der Waals surface area contributed by atoms with Crippen molar-refractivity contribution in [3.05, 3.63) is 58.4 Å². The second kappa shape index (κ2) is 8.22. The van der Waals surface area contributed by atoms with Crippen LogP contribution < -0.4 is 9.47 Å². The van der Waals surface area contributed by atoms with Crippen LogP contribution in [0.1, 0.15) is 16.2 Å². The van der Waals surface area contributed by atoms with Crippen molar-refractivity contribution in [2.45, 2.75) is 6.54 Å². The Morgan fingerprint density at radius 2 is 1.93 bits per heavy atom. The summed E-state index contributed by atoms with van der Waals surface area (Å²) >= 11 is 3.37. The predicted octanol–water partition coefficient (Wildman–Crippen LogP) is 3.79.